The summed E-state index contributed by atoms with van der Waals surface area (Å²) in [7, 11) is -1.11. The SMILES string of the molecule is CCO[SiH](C(C)(C)C)C(C)(C)C. The molecule has 0 fully saturated rings. The Morgan fingerprint density at radius 2 is 1.25 bits per heavy atom. The molecule has 0 heterocycles. The summed E-state index contributed by atoms with van der Waals surface area (Å²) in [6.07, 6.45) is 0. The van der Waals surface area contributed by atoms with Crippen LogP contribution in [0.25, 0.3) is 0 Å². The number of hydrogen-bond donors (Lipinski definition) is 0. The van der Waals surface area contributed by atoms with Gasteiger partial charge in [0, 0.05) is 6.61 Å². The first-order valence-corrected chi connectivity index (χ1v) is 6.43. The minimum absolute atomic E-state index is 0.369. The Hall–Kier alpha value is 0.177. The van der Waals surface area contributed by atoms with Crippen LogP contribution in [0.5, 0.6) is 0 Å². The van der Waals surface area contributed by atoms with Crippen LogP contribution in [0.4, 0.5) is 0 Å². The largest absolute Gasteiger partial charge is 0.419 e. The van der Waals surface area contributed by atoms with Crippen LogP contribution in [0.15, 0.2) is 0 Å². The summed E-state index contributed by atoms with van der Waals surface area (Å²) in [5.41, 5.74) is 0. The van der Waals surface area contributed by atoms with E-state index in [0.717, 1.165) is 6.61 Å². The molecular formula is C10H24OSi. The predicted octanol–water partition coefficient (Wildman–Crippen LogP) is 3.35. The second-order valence-corrected chi connectivity index (χ2v) is 10.1. The van der Waals surface area contributed by atoms with Crippen molar-refractivity contribution in [2.24, 2.45) is 0 Å². The Bertz CT molecular complexity index is 116. The molecule has 0 amide bonds. The van der Waals surface area contributed by atoms with Crippen LogP contribution in [0, 0.1) is 0 Å². The van der Waals surface area contributed by atoms with Gasteiger partial charge in [-0.2, -0.15) is 0 Å². The fourth-order valence-electron chi connectivity index (χ4n) is 1.97. The molecule has 0 saturated heterocycles. The minimum Gasteiger partial charge on any atom is -0.419 e. The standard InChI is InChI=1S/C10H24OSi/c1-8-11-12(9(2,3)4)10(5,6)7/h12H,8H2,1-7H3. The van der Waals surface area contributed by atoms with Gasteiger partial charge in [-0.3, -0.25) is 0 Å². The first kappa shape index (κ1) is 12.2. The van der Waals surface area contributed by atoms with E-state index < -0.39 is 9.04 Å². The summed E-state index contributed by atoms with van der Waals surface area (Å²) in [6, 6.07) is 0. The molecule has 0 unspecified atom stereocenters. The molecule has 0 saturated carbocycles. The van der Waals surface area contributed by atoms with Crippen LogP contribution in [-0.4, -0.2) is 15.6 Å². The van der Waals surface area contributed by atoms with Crippen molar-refractivity contribution in [2.45, 2.75) is 58.5 Å². The molecule has 0 aromatic rings. The highest BCUT2D eigenvalue weighted by Crippen LogP contribution is 2.42. The minimum atomic E-state index is -1.11. The smallest absolute Gasteiger partial charge is 0.187 e. The fraction of sp³-hybridized carbons (Fsp3) is 1.00. The van der Waals surface area contributed by atoms with Crippen molar-refractivity contribution in [3.05, 3.63) is 0 Å². The zero-order chi connectivity index (χ0) is 9.99. The van der Waals surface area contributed by atoms with Gasteiger partial charge in [0.25, 0.3) is 0 Å². The van der Waals surface area contributed by atoms with Crippen molar-refractivity contribution in [3.8, 4) is 0 Å². The highest BCUT2D eigenvalue weighted by Gasteiger charge is 2.37. The average molecular weight is 188 g/mol. The normalized spacial score (nSPS) is 14.0. The van der Waals surface area contributed by atoms with E-state index in [1.54, 1.807) is 0 Å². The van der Waals surface area contributed by atoms with Gasteiger partial charge in [0.2, 0.25) is 0 Å². The van der Waals surface area contributed by atoms with Crippen molar-refractivity contribution < 1.29 is 4.43 Å². The molecule has 1 nitrogen and oxygen atoms in total. The van der Waals surface area contributed by atoms with Gasteiger partial charge in [-0.05, 0) is 17.0 Å². The average Bonchev–Trinajstić information content (AvgIpc) is 1.77. The first-order valence-electron chi connectivity index (χ1n) is 4.81. The fourth-order valence-corrected chi connectivity index (χ4v) is 5.90. The van der Waals surface area contributed by atoms with Crippen molar-refractivity contribution >= 4 is 9.04 Å². The Balaban J connectivity index is 4.45. The molecule has 0 aliphatic heterocycles. The number of rotatable bonds is 2. The molecule has 0 bridgehead atoms. The molecule has 0 radical (unpaired) electrons. The van der Waals surface area contributed by atoms with E-state index >= 15 is 0 Å². The lowest BCUT2D eigenvalue weighted by atomic mass is 10.2. The zero-order valence-corrected chi connectivity index (χ0v) is 10.8. The molecule has 0 aliphatic carbocycles. The summed E-state index contributed by atoms with van der Waals surface area (Å²) in [6.45, 7) is 16.7. The molecule has 0 aliphatic rings. The van der Waals surface area contributed by atoms with Gasteiger partial charge in [0.15, 0.2) is 9.04 Å². The molecule has 0 aromatic heterocycles. The summed E-state index contributed by atoms with van der Waals surface area (Å²) in [5.74, 6) is 0. The Labute approximate surface area is 79.2 Å². The van der Waals surface area contributed by atoms with E-state index in [-0.39, 0.29) is 0 Å². The monoisotopic (exact) mass is 188 g/mol. The second kappa shape index (κ2) is 3.92. The maximum atomic E-state index is 5.91. The van der Waals surface area contributed by atoms with E-state index in [1.165, 1.54) is 0 Å². The Morgan fingerprint density at radius 3 is 1.33 bits per heavy atom. The highest BCUT2D eigenvalue weighted by atomic mass is 28.3. The maximum Gasteiger partial charge on any atom is 0.187 e. The molecule has 0 rings (SSSR count). The van der Waals surface area contributed by atoms with Crippen LogP contribution in [-0.2, 0) is 4.43 Å². The molecule has 0 N–H and O–H groups in total. The number of hydrogen-bond acceptors (Lipinski definition) is 1. The summed E-state index contributed by atoms with van der Waals surface area (Å²) in [5, 5.41) is 0.739. The lowest BCUT2D eigenvalue weighted by Gasteiger charge is -2.38. The summed E-state index contributed by atoms with van der Waals surface area (Å²) >= 11 is 0. The third-order valence-electron chi connectivity index (χ3n) is 1.91. The second-order valence-electron chi connectivity index (χ2n) is 5.57. The van der Waals surface area contributed by atoms with Crippen LogP contribution in [0.3, 0.4) is 0 Å². The third kappa shape index (κ3) is 3.72. The van der Waals surface area contributed by atoms with Crippen molar-refractivity contribution in [1.29, 1.82) is 0 Å². The molecule has 0 spiro atoms. The molecule has 0 atom stereocenters. The van der Waals surface area contributed by atoms with Gasteiger partial charge in [-0.15, -0.1) is 0 Å². The Kier molecular flexibility index (Phi) is 3.98. The molecule has 2 heteroatoms. The van der Waals surface area contributed by atoms with Gasteiger partial charge in [-0.1, -0.05) is 41.5 Å². The van der Waals surface area contributed by atoms with Crippen molar-refractivity contribution in [2.75, 3.05) is 6.61 Å². The molecular weight excluding hydrogens is 164 g/mol. The van der Waals surface area contributed by atoms with Crippen molar-refractivity contribution in [1.82, 2.24) is 0 Å². The van der Waals surface area contributed by atoms with E-state index in [9.17, 15) is 0 Å². The first-order chi connectivity index (χ1) is 5.19. The zero-order valence-electron chi connectivity index (χ0n) is 9.69. The quantitative estimate of drug-likeness (QED) is 0.604. The van der Waals surface area contributed by atoms with Crippen LogP contribution < -0.4 is 0 Å². The highest BCUT2D eigenvalue weighted by molar-refractivity contribution is 6.58. The van der Waals surface area contributed by atoms with E-state index in [0.29, 0.717) is 10.1 Å². The van der Waals surface area contributed by atoms with Gasteiger partial charge in [0.05, 0.1) is 0 Å². The van der Waals surface area contributed by atoms with Crippen LogP contribution >= 0.6 is 0 Å². The Morgan fingerprint density at radius 1 is 0.917 bits per heavy atom. The van der Waals surface area contributed by atoms with Crippen LogP contribution in [0.1, 0.15) is 48.5 Å². The summed E-state index contributed by atoms with van der Waals surface area (Å²) in [4.78, 5) is 0. The van der Waals surface area contributed by atoms with E-state index in [4.69, 9.17) is 4.43 Å². The van der Waals surface area contributed by atoms with E-state index in [2.05, 4.69) is 48.5 Å². The van der Waals surface area contributed by atoms with Crippen LogP contribution in [0.2, 0.25) is 10.1 Å². The lowest BCUT2D eigenvalue weighted by Crippen LogP contribution is -2.38. The molecule has 0 aromatic carbocycles. The topological polar surface area (TPSA) is 9.23 Å². The molecule has 74 valence electrons. The third-order valence-corrected chi connectivity index (χ3v) is 5.72. The van der Waals surface area contributed by atoms with Crippen molar-refractivity contribution in [3.63, 3.8) is 0 Å². The lowest BCUT2D eigenvalue weighted by molar-refractivity contribution is 0.301. The summed E-state index contributed by atoms with van der Waals surface area (Å²) < 4.78 is 5.91. The van der Waals surface area contributed by atoms with E-state index in [1.807, 2.05) is 0 Å². The van der Waals surface area contributed by atoms with Gasteiger partial charge in [-0.25, -0.2) is 0 Å². The predicted molar refractivity (Wildman–Crippen MR) is 58.2 cm³/mol. The maximum absolute atomic E-state index is 5.91. The van der Waals surface area contributed by atoms with Gasteiger partial charge >= 0.3 is 0 Å². The van der Waals surface area contributed by atoms with Gasteiger partial charge in [0.1, 0.15) is 0 Å². The molecule has 12 heavy (non-hydrogen) atoms. The van der Waals surface area contributed by atoms with Gasteiger partial charge < -0.3 is 4.43 Å².